The quantitative estimate of drug-likeness (QED) is 0.546. The number of carbonyl (C=O) groups is 1. The number of aromatic nitrogens is 4. The summed E-state index contributed by atoms with van der Waals surface area (Å²) in [5, 5.41) is 7.34. The molecule has 0 atom stereocenters. The first-order valence-electron chi connectivity index (χ1n) is 8.34. The lowest BCUT2D eigenvalue weighted by molar-refractivity contribution is 0.102. The zero-order valence-electron chi connectivity index (χ0n) is 14.5. The van der Waals surface area contributed by atoms with Crippen LogP contribution in [0.4, 0.5) is 5.69 Å². The Bertz CT molecular complexity index is 1080. The molecule has 4 rings (SSSR count). The summed E-state index contributed by atoms with van der Waals surface area (Å²) in [6.07, 6.45) is 4.44. The van der Waals surface area contributed by atoms with Crippen molar-refractivity contribution < 1.29 is 9.53 Å². The van der Waals surface area contributed by atoms with E-state index in [1.54, 1.807) is 48.5 Å². The van der Waals surface area contributed by atoms with Crippen LogP contribution in [-0.2, 0) is 0 Å². The molecule has 0 spiro atoms. The Kier molecular flexibility index (Phi) is 4.99. The predicted octanol–water partition coefficient (Wildman–Crippen LogP) is 4.36. The Morgan fingerprint density at radius 3 is 2.54 bits per heavy atom. The van der Waals surface area contributed by atoms with Gasteiger partial charge in [0.05, 0.1) is 10.6 Å². The average molecular weight is 392 g/mol. The Labute approximate surface area is 165 Å². The maximum atomic E-state index is 12.4. The fourth-order valence-electron chi connectivity index (χ4n) is 2.45. The summed E-state index contributed by atoms with van der Waals surface area (Å²) in [6, 6.07) is 17.6. The molecule has 2 aromatic carbocycles. The molecule has 1 amide bonds. The van der Waals surface area contributed by atoms with Crippen LogP contribution < -0.4 is 10.1 Å². The number of benzene rings is 2. The van der Waals surface area contributed by atoms with Crippen LogP contribution >= 0.6 is 11.6 Å². The second-order valence-corrected chi connectivity index (χ2v) is 6.16. The van der Waals surface area contributed by atoms with Gasteiger partial charge in [-0.3, -0.25) is 4.79 Å². The molecule has 138 valence electrons. The lowest BCUT2D eigenvalue weighted by atomic mass is 10.2. The fraction of sp³-hybridized carbons (Fsp3) is 0. The molecule has 0 aliphatic rings. The molecule has 28 heavy (non-hydrogen) atoms. The third-order valence-corrected chi connectivity index (χ3v) is 4.15. The monoisotopic (exact) mass is 391 g/mol. The van der Waals surface area contributed by atoms with E-state index in [0.717, 1.165) is 0 Å². The van der Waals surface area contributed by atoms with Gasteiger partial charge in [-0.15, -0.1) is 0 Å². The number of halogens is 1. The van der Waals surface area contributed by atoms with Gasteiger partial charge in [0.2, 0.25) is 0 Å². The molecule has 0 saturated heterocycles. The Morgan fingerprint density at radius 2 is 1.86 bits per heavy atom. The molecule has 1 N–H and O–H groups in total. The number of hydrogen-bond acceptors (Lipinski definition) is 5. The van der Waals surface area contributed by atoms with Gasteiger partial charge in [0.15, 0.2) is 5.82 Å². The van der Waals surface area contributed by atoms with Crippen LogP contribution in [0.5, 0.6) is 11.5 Å². The van der Waals surface area contributed by atoms with Crippen LogP contribution in [-0.4, -0.2) is 25.7 Å². The highest BCUT2D eigenvalue weighted by molar-refractivity contribution is 6.32. The van der Waals surface area contributed by atoms with E-state index in [9.17, 15) is 4.79 Å². The van der Waals surface area contributed by atoms with Gasteiger partial charge in [-0.25, -0.2) is 14.6 Å². The first-order valence-corrected chi connectivity index (χ1v) is 8.72. The van der Waals surface area contributed by atoms with Crippen molar-refractivity contribution in [2.45, 2.75) is 0 Å². The van der Waals surface area contributed by atoms with Crippen LogP contribution in [0.25, 0.3) is 5.82 Å². The minimum Gasteiger partial charge on any atom is -0.456 e. The maximum absolute atomic E-state index is 12.4. The van der Waals surface area contributed by atoms with Crippen molar-refractivity contribution in [3.8, 4) is 17.3 Å². The standard InChI is InChI=1S/C20H14ClN5O2/c21-17-3-1-2-4-18(17)28-16-8-6-15(7-9-16)25-20(27)14-5-10-19(23-11-14)26-13-22-12-24-26/h1-13H,(H,25,27). The zero-order valence-corrected chi connectivity index (χ0v) is 15.2. The molecular weight excluding hydrogens is 378 g/mol. The molecule has 4 aromatic rings. The minimum absolute atomic E-state index is 0.266. The van der Waals surface area contributed by atoms with Gasteiger partial charge in [-0.2, -0.15) is 5.10 Å². The summed E-state index contributed by atoms with van der Waals surface area (Å²) < 4.78 is 7.25. The fourth-order valence-corrected chi connectivity index (χ4v) is 2.62. The van der Waals surface area contributed by atoms with E-state index in [1.807, 2.05) is 12.1 Å². The highest BCUT2D eigenvalue weighted by Gasteiger charge is 2.08. The van der Waals surface area contributed by atoms with E-state index in [-0.39, 0.29) is 5.91 Å². The molecule has 0 radical (unpaired) electrons. The second kappa shape index (κ2) is 7.89. The molecule has 2 aromatic heterocycles. The molecular formula is C20H14ClN5O2. The maximum Gasteiger partial charge on any atom is 0.257 e. The zero-order chi connectivity index (χ0) is 19.3. The summed E-state index contributed by atoms with van der Waals surface area (Å²) in [5.41, 5.74) is 1.07. The van der Waals surface area contributed by atoms with Crippen molar-refractivity contribution in [1.29, 1.82) is 0 Å². The molecule has 0 bridgehead atoms. The van der Waals surface area contributed by atoms with Gasteiger partial charge in [0.1, 0.15) is 24.2 Å². The van der Waals surface area contributed by atoms with Crippen molar-refractivity contribution in [2.24, 2.45) is 0 Å². The van der Waals surface area contributed by atoms with Crippen molar-refractivity contribution in [3.63, 3.8) is 0 Å². The molecule has 0 unspecified atom stereocenters. The highest BCUT2D eigenvalue weighted by atomic mass is 35.5. The van der Waals surface area contributed by atoms with E-state index in [0.29, 0.717) is 33.6 Å². The van der Waals surface area contributed by atoms with E-state index >= 15 is 0 Å². The third-order valence-electron chi connectivity index (χ3n) is 3.84. The normalized spacial score (nSPS) is 10.5. The van der Waals surface area contributed by atoms with E-state index < -0.39 is 0 Å². The Balaban J connectivity index is 1.41. The lowest BCUT2D eigenvalue weighted by Gasteiger charge is -2.09. The lowest BCUT2D eigenvalue weighted by Crippen LogP contribution is -2.12. The van der Waals surface area contributed by atoms with Crippen LogP contribution in [0.3, 0.4) is 0 Å². The number of para-hydroxylation sites is 1. The number of pyridine rings is 1. The molecule has 0 aliphatic carbocycles. The van der Waals surface area contributed by atoms with Gasteiger partial charge in [-0.1, -0.05) is 23.7 Å². The number of nitrogens with zero attached hydrogens (tertiary/aromatic N) is 4. The summed E-state index contributed by atoms with van der Waals surface area (Å²) in [6.45, 7) is 0. The number of ether oxygens (including phenoxy) is 1. The van der Waals surface area contributed by atoms with E-state index in [4.69, 9.17) is 16.3 Å². The van der Waals surface area contributed by atoms with Crippen LogP contribution in [0.15, 0.2) is 79.5 Å². The first-order chi connectivity index (χ1) is 13.7. The summed E-state index contributed by atoms with van der Waals surface area (Å²) in [4.78, 5) is 20.5. The van der Waals surface area contributed by atoms with Crippen molar-refractivity contribution in [1.82, 2.24) is 19.7 Å². The number of nitrogens with one attached hydrogen (secondary N) is 1. The first kappa shape index (κ1) is 17.7. The SMILES string of the molecule is O=C(Nc1ccc(Oc2ccccc2Cl)cc1)c1ccc(-n2cncn2)nc1. The van der Waals surface area contributed by atoms with E-state index in [1.165, 1.54) is 23.5 Å². The third kappa shape index (κ3) is 3.99. The number of carbonyl (C=O) groups excluding carboxylic acids is 1. The van der Waals surface area contributed by atoms with Gasteiger partial charge < -0.3 is 10.1 Å². The molecule has 8 heteroatoms. The number of anilines is 1. The van der Waals surface area contributed by atoms with Crippen LogP contribution in [0.1, 0.15) is 10.4 Å². The molecule has 0 fully saturated rings. The smallest absolute Gasteiger partial charge is 0.257 e. The largest absolute Gasteiger partial charge is 0.456 e. The number of amides is 1. The predicted molar refractivity (Wildman–Crippen MR) is 105 cm³/mol. The number of rotatable bonds is 5. The van der Waals surface area contributed by atoms with Crippen molar-refractivity contribution in [2.75, 3.05) is 5.32 Å². The average Bonchev–Trinajstić information content (AvgIpc) is 3.26. The van der Waals surface area contributed by atoms with Gasteiger partial charge in [-0.05, 0) is 48.5 Å². The number of hydrogen-bond donors (Lipinski definition) is 1. The molecule has 7 nitrogen and oxygen atoms in total. The Morgan fingerprint density at radius 1 is 1.04 bits per heavy atom. The van der Waals surface area contributed by atoms with Crippen molar-refractivity contribution >= 4 is 23.2 Å². The Hall–Kier alpha value is -3.71. The summed E-state index contributed by atoms with van der Waals surface area (Å²) in [5.74, 6) is 1.50. The molecule has 0 saturated carbocycles. The molecule has 2 heterocycles. The minimum atomic E-state index is -0.266. The van der Waals surface area contributed by atoms with Crippen molar-refractivity contribution in [3.05, 3.63) is 90.1 Å². The van der Waals surface area contributed by atoms with Crippen LogP contribution in [0.2, 0.25) is 5.02 Å². The van der Waals surface area contributed by atoms with Gasteiger partial charge in [0, 0.05) is 11.9 Å². The van der Waals surface area contributed by atoms with E-state index in [2.05, 4.69) is 20.4 Å². The molecule has 0 aliphatic heterocycles. The summed E-state index contributed by atoms with van der Waals surface area (Å²) in [7, 11) is 0. The topological polar surface area (TPSA) is 81.9 Å². The second-order valence-electron chi connectivity index (χ2n) is 5.76. The van der Waals surface area contributed by atoms with Crippen LogP contribution in [0, 0.1) is 0 Å². The van der Waals surface area contributed by atoms with Gasteiger partial charge >= 0.3 is 0 Å². The summed E-state index contributed by atoms with van der Waals surface area (Å²) >= 11 is 6.09. The highest BCUT2D eigenvalue weighted by Crippen LogP contribution is 2.29. The van der Waals surface area contributed by atoms with Gasteiger partial charge in [0.25, 0.3) is 5.91 Å².